The number of aryl methyl sites for hydroxylation is 2. The van der Waals surface area contributed by atoms with Crippen molar-refractivity contribution in [3.05, 3.63) is 58.7 Å². The van der Waals surface area contributed by atoms with Crippen molar-refractivity contribution in [3.8, 4) is 0 Å². The van der Waals surface area contributed by atoms with Gasteiger partial charge in [-0.1, -0.05) is 17.4 Å². The summed E-state index contributed by atoms with van der Waals surface area (Å²) in [5.74, 6) is -2.10. The number of aromatic nitrogens is 1. The molecule has 3 aromatic rings. The minimum absolute atomic E-state index is 0.162. The molecule has 0 spiro atoms. The van der Waals surface area contributed by atoms with Crippen LogP contribution in [-0.4, -0.2) is 55.2 Å². The number of hydrogen-bond donors (Lipinski definition) is 0. The van der Waals surface area contributed by atoms with Gasteiger partial charge in [0.25, 0.3) is 5.91 Å². The monoisotopic (exact) mass is 431 g/mol. The second kappa shape index (κ2) is 8.75. The molecule has 0 N–H and O–H groups in total. The molecule has 1 fully saturated rings. The van der Waals surface area contributed by atoms with Crippen molar-refractivity contribution in [3.63, 3.8) is 0 Å². The number of morpholine rings is 1. The number of ether oxygens (including phenoxy) is 1. The van der Waals surface area contributed by atoms with Gasteiger partial charge in [-0.25, -0.2) is 13.8 Å². The third kappa shape index (κ3) is 4.21. The predicted octanol–water partition coefficient (Wildman–Crippen LogP) is 4.17. The van der Waals surface area contributed by atoms with Crippen LogP contribution in [0.25, 0.3) is 10.2 Å². The van der Waals surface area contributed by atoms with Gasteiger partial charge in [-0.15, -0.1) is 0 Å². The number of amides is 1. The number of carbonyl (C=O) groups excluding carboxylic acids is 1. The van der Waals surface area contributed by atoms with Crippen LogP contribution in [0.4, 0.5) is 13.9 Å². The summed E-state index contributed by atoms with van der Waals surface area (Å²) in [6.07, 6.45) is 0. The Labute approximate surface area is 177 Å². The zero-order valence-corrected chi connectivity index (χ0v) is 17.8. The van der Waals surface area contributed by atoms with Crippen molar-refractivity contribution >= 4 is 32.6 Å². The number of benzene rings is 2. The van der Waals surface area contributed by atoms with E-state index in [4.69, 9.17) is 9.72 Å². The third-order valence-corrected chi connectivity index (χ3v) is 6.50. The molecule has 158 valence electrons. The van der Waals surface area contributed by atoms with E-state index in [0.29, 0.717) is 31.4 Å². The van der Waals surface area contributed by atoms with E-state index in [1.165, 1.54) is 22.3 Å². The maximum atomic E-state index is 14.4. The summed E-state index contributed by atoms with van der Waals surface area (Å²) < 4.78 is 34.1. The van der Waals surface area contributed by atoms with Crippen molar-refractivity contribution in [2.75, 3.05) is 44.3 Å². The summed E-state index contributed by atoms with van der Waals surface area (Å²) in [6.45, 7) is 7.86. The molecule has 8 heteroatoms. The fourth-order valence-electron chi connectivity index (χ4n) is 3.49. The first-order valence-corrected chi connectivity index (χ1v) is 10.7. The molecule has 0 atom stereocenters. The number of carbonyl (C=O) groups is 1. The van der Waals surface area contributed by atoms with Crippen LogP contribution in [0, 0.1) is 25.5 Å². The summed E-state index contributed by atoms with van der Waals surface area (Å²) in [4.78, 5) is 21.7. The summed E-state index contributed by atoms with van der Waals surface area (Å²) in [5, 5.41) is 0.515. The Kier molecular flexibility index (Phi) is 6.08. The first-order chi connectivity index (χ1) is 14.4. The van der Waals surface area contributed by atoms with E-state index in [9.17, 15) is 13.6 Å². The highest BCUT2D eigenvalue weighted by Crippen LogP contribution is 2.33. The smallest absolute Gasteiger partial charge is 0.263 e. The zero-order valence-electron chi connectivity index (χ0n) is 17.0. The van der Waals surface area contributed by atoms with Gasteiger partial charge < -0.3 is 4.74 Å². The molecule has 2 heterocycles. The molecule has 30 heavy (non-hydrogen) atoms. The van der Waals surface area contributed by atoms with Crippen LogP contribution < -0.4 is 4.90 Å². The van der Waals surface area contributed by atoms with Gasteiger partial charge in [-0.3, -0.25) is 14.6 Å². The van der Waals surface area contributed by atoms with E-state index in [2.05, 4.69) is 4.90 Å². The van der Waals surface area contributed by atoms with Gasteiger partial charge >= 0.3 is 0 Å². The van der Waals surface area contributed by atoms with Crippen molar-refractivity contribution in [2.45, 2.75) is 13.8 Å². The molecule has 0 unspecified atom stereocenters. The quantitative estimate of drug-likeness (QED) is 0.608. The molecule has 2 aromatic carbocycles. The lowest BCUT2D eigenvalue weighted by molar-refractivity contribution is 0.0391. The van der Waals surface area contributed by atoms with E-state index in [0.717, 1.165) is 46.6 Å². The highest BCUT2D eigenvalue weighted by atomic mass is 32.1. The van der Waals surface area contributed by atoms with Crippen LogP contribution in [0.3, 0.4) is 0 Å². The molecular formula is C22H23F2N3O2S. The van der Waals surface area contributed by atoms with Gasteiger partial charge in [0.15, 0.2) is 5.13 Å². The second-order valence-electron chi connectivity index (χ2n) is 7.39. The SMILES string of the molecule is Cc1ccc2sc(N(CCN3CCOCC3)C(=O)c3ccc(F)cc3F)nc2c1C. The van der Waals surface area contributed by atoms with E-state index >= 15 is 0 Å². The lowest BCUT2D eigenvalue weighted by Gasteiger charge is -2.29. The Hall–Kier alpha value is -2.42. The molecule has 0 aliphatic carbocycles. The van der Waals surface area contributed by atoms with Gasteiger partial charge in [0.1, 0.15) is 11.6 Å². The van der Waals surface area contributed by atoms with Gasteiger partial charge in [0, 0.05) is 32.2 Å². The summed E-state index contributed by atoms with van der Waals surface area (Å²) >= 11 is 1.40. The van der Waals surface area contributed by atoms with Crippen LogP contribution in [0.2, 0.25) is 0 Å². The fraction of sp³-hybridized carbons (Fsp3) is 0.364. The summed E-state index contributed by atoms with van der Waals surface area (Å²) in [6, 6.07) is 7.04. The molecule has 0 radical (unpaired) electrons. The van der Waals surface area contributed by atoms with E-state index in [-0.39, 0.29) is 5.56 Å². The molecule has 1 aliphatic heterocycles. The maximum absolute atomic E-state index is 14.4. The van der Waals surface area contributed by atoms with E-state index < -0.39 is 17.5 Å². The molecule has 1 aromatic heterocycles. The van der Waals surface area contributed by atoms with Gasteiger partial charge in [-0.05, 0) is 43.2 Å². The molecule has 0 bridgehead atoms. The number of fused-ring (bicyclic) bond motifs is 1. The van der Waals surface area contributed by atoms with Crippen LogP contribution in [0.15, 0.2) is 30.3 Å². The number of thiazole rings is 1. The summed E-state index contributed by atoms with van der Waals surface area (Å²) in [5.41, 5.74) is 2.86. The van der Waals surface area contributed by atoms with Gasteiger partial charge in [0.2, 0.25) is 0 Å². The number of anilines is 1. The number of nitrogens with zero attached hydrogens (tertiary/aromatic N) is 3. The van der Waals surface area contributed by atoms with Gasteiger partial charge in [-0.2, -0.15) is 0 Å². The Bertz CT molecular complexity index is 1080. The number of halogens is 2. The van der Waals surface area contributed by atoms with E-state index in [1.807, 2.05) is 26.0 Å². The Morgan fingerprint density at radius 2 is 1.97 bits per heavy atom. The first kappa shape index (κ1) is 20.8. The zero-order chi connectivity index (χ0) is 21.3. The Balaban J connectivity index is 1.69. The third-order valence-electron chi connectivity index (χ3n) is 5.45. The molecular weight excluding hydrogens is 408 g/mol. The predicted molar refractivity (Wildman–Crippen MR) is 114 cm³/mol. The lowest BCUT2D eigenvalue weighted by Crippen LogP contribution is -2.43. The first-order valence-electron chi connectivity index (χ1n) is 9.88. The van der Waals surface area contributed by atoms with Crippen LogP contribution in [0.1, 0.15) is 21.5 Å². The van der Waals surface area contributed by atoms with E-state index in [1.54, 1.807) is 0 Å². The maximum Gasteiger partial charge on any atom is 0.263 e. The minimum atomic E-state index is -0.871. The van der Waals surface area contributed by atoms with Crippen molar-refractivity contribution in [1.82, 2.24) is 9.88 Å². The van der Waals surface area contributed by atoms with Crippen LogP contribution in [-0.2, 0) is 4.74 Å². The molecule has 1 aliphatic rings. The standard InChI is InChI=1S/C22H23F2N3O2S/c1-14-3-6-19-20(15(14)2)25-22(30-19)27(8-7-26-9-11-29-12-10-26)21(28)17-5-4-16(23)13-18(17)24/h3-6,13H,7-12H2,1-2H3. The summed E-state index contributed by atoms with van der Waals surface area (Å²) in [7, 11) is 0. The molecule has 5 nitrogen and oxygen atoms in total. The normalized spacial score (nSPS) is 14.9. The van der Waals surface area contributed by atoms with Crippen molar-refractivity contribution in [1.29, 1.82) is 0 Å². The molecule has 0 saturated carbocycles. The second-order valence-corrected chi connectivity index (χ2v) is 8.39. The minimum Gasteiger partial charge on any atom is -0.379 e. The number of rotatable bonds is 5. The number of hydrogen-bond acceptors (Lipinski definition) is 5. The largest absolute Gasteiger partial charge is 0.379 e. The Morgan fingerprint density at radius 1 is 1.20 bits per heavy atom. The van der Waals surface area contributed by atoms with Crippen LogP contribution >= 0.6 is 11.3 Å². The molecule has 4 rings (SSSR count). The molecule has 1 amide bonds. The Morgan fingerprint density at radius 3 is 2.70 bits per heavy atom. The average molecular weight is 432 g/mol. The lowest BCUT2D eigenvalue weighted by atomic mass is 10.1. The highest BCUT2D eigenvalue weighted by Gasteiger charge is 2.25. The van der Waals surface area contributed by atoms with Crippen LogP contribution in [0.5, 0.6) is 0 Å². The van der Waals surface area contributed by atoms with Crippen molar-refractivity contribution in [2.24, 2.45) is 0 Å². The van der Waals surface area contributed by atoms with Gasteiger partial charge in [0.05, 0.1) is 29.0 Å². The van der Waals surface area contributed by atoms with Crippen molar-refractivity contribution < 1.29 is 18.3 Å². The highest BCUT2D eigenvalue weighted by molar-refractivity contribution is 7.22. The average Bonchev–Trinajstić information content (AvgIpc) is 3.16. The fourth-order valence-corrected chi connectivity index (χ4v) is 4.54. The topological polar surface area (TPSA) is 45.7 Å². The molecule has 1 saturated heterocycles.